The highest BCUT2D eigenvalue weighted by molar-refractivity contribution is 7.99. The highest BCUT2D eigenvalue weighted by atomic mass is 32.2. The fourth-order valence-corrected chi connectivity index (χ4v) is 4.02. The zero-order chi connectivity index (χ0) is 13.1. The van der Waals surface area contributed by atoms with Crippen LogP contribution in [0.25, 0.3) is 0 Å². The van der Waals surface area contributed by atoms with E-state index in [2.05, 4.69) is 0 Å². The molecule has 0 aromatic rings. The smallest absolute Gasteiger partial charge is 0.308 e. The van der Waals surface area contributed by atoms with Crippen molar-refractivity contribution in [3.8, 4) is 0 Å². The minimum absolute atomic E-state index is 0.0772. The van der Waals surface area contributed by atoms with Gasteiger partial charge < -0.3 is 10.0 Å². The summed E-state index contributed by atoms with van der Waals surface area (Å²) in [4.78, 5) is 24.9. The first kappa shape index (κ1) is 13.7. The quantitative estimate of drug-likeness (QED) is 0.849. The molecule has 2 aliphatic rings. The third-order valence-electron chi connectivity index (χ3n) is 4.09. The molecule has 0 spiro atoms. The van der Waals surface area contributed by atoms with Gasteiger partial charge in [-0.25, -0.2) is 0 Å². The van der Waals surface area contributed by atoms with Crippen molar-refractivity contribution in [3.05, 3.63) is 0 Å². The second kappa shape index (κ2) is 5.95. The number of hydrogen-bond acceptors (Lipinski definition) is 3. The van der Waals surface area contributed by atoms with Gasteiger partial charge in [-0.3, -0.25) is 9.59 Å². The van der Waals surface area contributed by atoms with Crippen LogP contribution >= 0.6 is 11.8 Å². The molecule has 102 valence electrons. The van der Waals surface area contributed by atoms with E-state index in [1.165, 1.54) is 0 Å². The Morgan fingerprint density at radius 1 is 1.28 bits per heavy atom. The third-order valence-corrected chi connectivity index (χ3v) is 5.14. The lowest BCUT2D eigenvalue weighted by Gasteiger charge is -2.23. The predicted octanol–water partition coefficient (Wildman–Crippen LogP) is 1.70. The Labute approximate surface area is 112 Å². The summed E-state index contributed by atoms with van der Waals surface area (Å²) in [5.41, 5.74) is 0. The molecular formula is C13H21NO3S. The SMILES string of the molecule is CC1CN(C(=O)CC2CCSCC2)CC1C(=O)O. The summed E-state index contributed by atoms with van der Waals surface area (Å²) in [5.74, 6) is 1.91. The van der Waals surface area contributed by atoms with E-state index in [-0.39, 0.29) is 17.7 Å². The fourth-order valence-electron chi connectivity index (χ4n) is 2.82. The third kappa shape index (κ3) is 3.19. The van der Waals surface area contributed by atoms with Crippen LogP contribution in [-0.4, -0.2) is 46.5 Å². The van der Waals surface area contributed by atoms with Crippen molar-refractivity contribution in [2.24, 2.45) is 17.8 Å². The van der Waals surface area contributed by atoms with E-state index in [1.807, 2.05) is 18.7 Å². The molecule has 0 radical (unpaired) electrons. The van der Waals surface area contributed by atoms with Gasteiger partial charge in [-0.2, -0.15) is 11.8 Å². The molecule has 4 nitrogen and oxygen atoms in total. The number of aliphatic carboxylic acids is 1. The van der Waals surface area contributed by atoms with Crippen LogP contribution in [0.3, 0.4) is 0 Å². The van der Waals surface area contributed by atoms with Crippen molar-refractivity contribution in [1.82, 2.24) is 4.90 Å². The van der Waals surface area contributed by atoms with Gasteiger partial charge in [0.1, 0.15) is 0 Å². The summed E-state index contributed by atoms with van der Waals surface area (Å²) in [7, 11) is 0. The second-order valence-corrected chi connectivity index (χ2v) is 6.71. The fraction of sp³-hybridized carbons (Fsp3) is 0.846. The number of likely N-dealkylation sites (tertiary alicyclic amines) is 1. The Bertz CT molecular complexity index is 328. The van der Waals surface area contributed by atoms with Crippen molar-refractivity contribution < 1.29 is 14.7 Å². The maximum atomic E-state index is 12.2. The van der Waals surface area contributed by atoms with E-state index < -0.39 is 5.97 Å². The Morgan fingerprint density at radius 2 is 1.94 bits per heavy atom. The van der Waals surface area contributed by atoms with E-state index in [9.17, 15) is 9.59 Å². The molecule has 0 aromatic heterocycles. The lowest BCUT2D eigenvalue weighted by Crippen LogP contribution is -2.32. The lowest BCUT2D eigenvalue weighted by molar-refractivity contribution is -0.142. The molecule has 0 aromatic carbocycles. The van der Waals surface area contributed by atoms with E-state index >= 15 is 0 Å². The summed E-state index contributed by atoms with van der Waals surface area (Å²) in [5, 5.41) is 9.06. The average molecular weight is 271 g/mol. The summed E-state index contributed by atoms with van der Waals surface area (Å²) < 4.78 is 0. The summed E-state index contributed by atoms with van der Waals surface area (Å²) in [6, 6.07) is 0. The normalized spacial score (nSPS) is 29.5. The van der Waals surface area contributed by atoms with E-state index in [0.717, 1.165) is 24.3 Å². The number of nitrogens with zero attached hydrogens (tertiary/aromatic N) is 1. The zero-order valence-corrected chi connectivity index (χ0v) is 11.6. The van der Waals surface area contributed by atoms with Crippen LogP contribution in [0, 0.1) is 17.8 Å². The highest BCUT2D eigenvalue weighted by Gasteiger charge is 2.37. The number of amides is 1. The summed E-state index contributed by atoms with van der Waals surface area (Å²) in [6.45, 7) is 2.93. The van der Waals surface area contributed by atoms with Crippen LogP contribution in [-0.2, 0) is 9.59 Å². The highest BCUT2D eigenvalue weighted by Crippen LogP contribution is 2.28. The van der Waals surface area contributed by atoms with E-state index in [1.54, 1.807) is 4.90 Å². The number of carboxylic acid groups (broad SMARTS) is 1. The van der Waals surface area contributed by atoms with Crippen LogP contribution < -0.4 is 0 Å². The molecule has 0 saturated carbocycles. The molecule has 1 amide bonds. The molecule has 2 atom stereocenters. The molecule has 2 fully saturated rings. The van der Waals surface area contributed by atoms with Crippen molar-refractivity contribution in [2.45, 2.75) is 26.2 Å². The molecule has 2 saturated heterocycles. The first-order valence-electron chi connectivity index (χ1n) is 6.66. The van der Waals surface area contributed by atoms with Crippen LogP contribution in [0.15, 0.2) is 0 Å². The molecule has 2 heterocycles. The molecule has 5 heteroatoms. The van der Waals surface area contributed by atoms with E-state index in [0.29, 0.717) is 25.4 Å². The van der Waals surface area contributed by atoms with Gasteiger partial charge in [-0.1, -0.05) is 6.92 Å². The maximum absolute atomic E-state index is 12.2. The van der Waals surface area contributed by atoms with Gasteiger partial charge in [0.25, 0.3) is 0 Å². The van der Waals surface area contributed by atoms with Gasteiger partial charge in [-0.15, -0.1) is 0 Å². The molecule has 2 aliphatic heterocycles. The molecular weight excluding hydrogens is 250 g/mol. The monoisotopic (exact) mass is 271 g/mol. The van der Waals surface area contributed by atoms with Gasteiger partial charge in [0.05, 0.1) is 5.92 Å². The van der Waals surface area contributed by atoms with Gasteiger partial charge in [0.2, 0.25) is 5.91 Å². The number of hydrogen-bond donors (Lipinski definition) is 1. The zero-order valence-electron chi connectivity index (χ0n) is 10.8. The van der Waals surface area contributed by atoms with Crippen molar-refractivity contribution in [3.63, 3.8) is 0 Å². The first-order chi connectivity index (χ1) is 8.58. The number of rotatable bonds is 3. The maximum Gasteiger partial charge on any atom is 0.308 e. The predicted molar refractivity (Wildman–Crippen MR) is 71.5 cm³/mol. The lowest BCUT2D eigenvalue weighted by atomic mass is 9.98. The number of thioether (sulfide) groups is 1. The van der Waals surface area contributed by atoms with Crippen molar-refractivity contribution in [1.29, 1.82) is 0 Å². The van der Waals surface area contributed by atoms with Crippen molar-refractivity contribution >= 4 is 23.6 Å². The van der Waals surface area contributed by atoms with Gasteiger partial charge in [-0.05, 0) is 36.2 Å². The van der Waals surface area contributed by atoms with Crippen LogP contribution in [0.1, 0.15) is 26.2 Å². The second-order valence-electron chi connectivity index (χ2n) is 5.48. The van der Waals surface area contributed by atoms with Crippen LogP contribution in [0.2, 0.25) is 0 Å². The largest absolute Gasteiger partial charge is 0.481 e. The van der Waals surface area contributed by atoms with Crippen LogP contribution in [0.4, 0.5) is 0 Å². The minimum Gasteiger partial charge on any atom is -0.481 e. The Morgan fingerprint density at radius 3 is 2.50 bits per heavy atom. The standard InChI is InChI=1S/C13H21NO3S/c1-9-7-14(8-11(9)13(16)17)12(15)6-10-2-4-18-5-3-10/h9-11H,2-8H2,1H3,(H,16,17). The Balaban J connectivity index is 1.84. The molecule has 0 aliphatic carbocycles. The van der Waals surface area contributed by atoms with Crippen LogP contribution in [0.5, 0.6) is 0 Å². The molecule has 2 rings (SSSR count). The average Bonchev–Trinajstić information content (AvgIpc) is 2.73. The topological polar surface area (TPSA) is 57.6 Å². The minimum atomic E-state index is -0.771. The Hall–Kier alpha value is -0.710. The van der Waals surface area contributed by atoms with Crippen molar-refractivity contribution in [2.75, 3.05) is 24.6 Å². The van der Waals surface area contributed by atoms with Gasteiger partial charge in [0.15, 0.2) is 0 Å². The first-order valence-corrected chi connectivity index (χ1v) is 7.81. The number of carbonyl (C=O) groups excluding carboxylic acids is 1. The summed E-state index contributed by atoms with van der Waals surface area (Å²) in [6.07, 6.45) is 2.87. The number of carbonyl (C=O) groups is 2. The molecule has 2 unspecified atom stereocenters. The molecule has 0 bridgehead atoms. The summed E-state index contributed by atoms with van der Waals surface area (Å²) >= 11 is 1.96. The number of carboxylic acids is 1. The molecule has 18 heavy (non-hydrogen) atoms. The van der Waals surface area contributed by atoms with Gasteiger partial charge >= 0.3 is 5.97 Å². The van der Waals surface area contributed by atoms with E-state index in [4.69, 9.17) is 5.11 Å². The Kier molecular flexibility index (Phi) is 4.54. The molecule has 1 N–H and O–H groups in total. The van der Waals surface area contributed by atoms with Gasteiger partial charge in [0, 0.05) is 19.5 Å².